The summed E-state index contributed by atoms with van der Waals surface area (Å²) in [5.41, 5.74) is 0. The summed E-state index contributed by atoms with van der Waals surface area (Å²) in [5, 5.41) is 8.36. The van der Waals surface area contributed by atoms with Gasteiger partial charge in [-0.2, -0.15) is 0 Å². The van der Waals surface area contributed by atoms with E-state index < -0.39 is 6.16 Å². The van der Waals surface area contributed by atoms with E-state index in [1.807, 2.05) is 0 Å². The molecule has 5 heteroatoms. The average molecular weight is 220 g/mol. The van der Waals surface area contributed by atoms with Gasteiger partial charge in [0.25, 0.3) is 0 Å². The predicted octanol–water partition coefficient (Wildman–Crippen LogP) is 1.90. The molecule has 0 aliphatic heterocycles. The lowest BCUT2D eigenvalue weighted by Gasteiger charge is -2.16. The Hall–Kier alpha value is -0.810. The molecule has 0 spiro atoms. The summed E-state index contributed by atoms with van der Waals surface area (Å²) in [6.07, 6.45) is 1.45. The SMILES string of the molecule is CCCCC(COC(=O)O)OCCOC. The molecule has 0 aromatic carbocycles. The van der Waals surface area contributed by atoms with Gasteiger partial charge in [-0.25, -0.2) is 4.79 Å². The number of hydrogen-bond acceptors (Lipinski definition) is 4. The Balaban J connectivity index is 3.67. The van der Waals surface area contributed by atoms with Crippen molar-refractivity contribution >= 4 is 6.16 Å². The molecular formula is C10H20O5. The van der Waals surface area contributed by atoms with Crippen molar-refractivity contribution < 1.29 is 24.1 Å². The van der Waals surface area contributed by atoms with Crippen LogP contribution in [0.25, 0.3) is 0 Å². The number of carboxylic acid groups (broad SMARTS) is 1. The molecule has 1 N–H and O–H groups in total. The van der Waals surface area contributed by atoms with Gasteiger partial charge in [0.15, 0.2) is 0 Å². The second kappa shape index (κ2) is 9.73. The first-order valence-corrected chi connectivity index (χ1v) is 5.17. The molecule has 5 nitrogen and oxygen atoms in total. The third-order valence-corrected chi connectivity index (χ3v) is 1.91. The van der Waals surface area contributed by atoms with Crippen molar-refractivity contribution in [1.29, 1.82) is 0 Å². The predicted molar refractivity (Wildman–Crippen MR) is 55.1 cm³/mol. The minimum absolute atomic E-state index is 0.0963. The maximum absolute atomic E-state index is 10.2. The van der Waals surface area contributed by atoms with Crippen LogP contribution in [-0.2, 0) is 14.2 Å². The minimum atomic E-state index is -1.26. The molecule has 0 saturated carbocycles. The summed E-state index contributed by atoms with van der Waals surface area (Å²) in [4.78, 5) is 10.2. The normalized spacial score (nSPS) is 12.4. The highest BCUT2D eigenvalue weighted by atomic mass is 16.7. The number of rotatable bonds is 9. The van der Waals surface area contributed by atoms with Gasteiger partial charge in [0, 0.05) is 7.11 Å². The standard InChI is InChI=1S/C10H20O5/c1-3-4-5-9(8-15-10(11)12)14-7-6-13-2/h9H,3-8H2,1-2H3,(H,11,12). The van der Waals surface area contributed by atoms with Gasteiger partial charge < -0.3 is 19.3 Å². The summed E-state index contributed by atoms with van der Waals surface area (Å²) in [6, 6.07) is 0. The van der Waals surface area contributed by atoms with Crippen LogP contribution >= 0.6 is 0 Å². The molecule has 0 fully saturated rings. The van der Waals surface area contributed by atoms with E-state index >= 15 is 0 Å². The number of hydrogen-bond donors (Lipinski definition) is 1. The molecule has 1 unspecified atom stereocenters. The topological polar surface area (TPSA) is 65.0 Å². The average Bonchev–Trinajstić information content (AvgIpc) is 2.21. The smallest absolute Gasteiger partial charge is 0.450 e. The summed E-state index contributed by atoms with van der Waals surface area (Å²) in [6.45, 7) is 3.15. The van der Waals surface area contributed by atoms with Gasteiger partial charge in [-0.05, 0) is 6.42 Å². The molecule has 0 aromatic heterocycles. The molecule has 0 radical (unpaired) electrons. The lowest BCUT2D eigenvalue weighted by molar-refractivity contribution is -0.0280. The molecule has 0 rings (SSSR count). The van der Waals surface area contributed by atoms with Crippen molar-refractivity contribution in [2.75, 3.05) is 26.9 Å². The largest absolute Gasteiger partial charge is 0.505 e. The lowest BCUT2D eigenvalue weighted by Crippen LogP contribution is -2.23. The number of unbranched alkanes of at least 4 members (excludes halogenated alkanes) is 1. The van der Waals surface area contributed by atoms with Gasteiger partial charge in [-0.1, -0.05) is 19.8 Å². The quantitative estimate of drug-likeness (QED) is 0.475. The highest BCUT2D eigenvalue weighted by Gasteiger charge is 2.11. The second-order valence-electron chi connectivity index (χ2n) is 3.20. The van der Waals surface area contributed by atoms with E-state index in [4.69, 9.17) is 14.6 Å². The van der Waals surface area contributed by atoms with Gasteiger partial charge in [-0.3, -0.25) is 0 Å². The molecule has 0 aromatic rings. The van der Waals surface area contributed by atoms with Crippen LogP contribution in [0.4, 0.5) is 4.79 Å². The molecule has 0 saturated heterocycles. The Morgan fingerprint density at radius 2 is 2.13 bits per heavy atom. The Morgan fingerprint density at radius 3 is 2.67 bits per heavy atom. The molecular weight excluding hydrogens is 200 g/mol. The summed E-state index contributed by atoms with van der Waals surface area (Å²) in [5.74, 6) is 0. The van der Waals surface area contributed by atoms with Crippen LogP contribution < -0.4 is 0 Å². The van der Waals surface area contributed by atoms with Crippen molar-refractivity contribution in [3.63, 3.8) is 0 Å². The lowest BCUT2D eigenvalue weighted by atomic mass is 10.2. The third kappa shape index (κ3) is 9.49. The number of ether oxygens (including phenoxy) is 3. The first-order valence-electron chi connectivity index (χ1n) is 5.17. The van der Waals surface area contributed by atoms with Crippen molar-refractivity contribution in [3.8, 4) is 0 Å². The first-order chi connectivity index (χ1) is 7.20. The van der Waals surface area contributed by atoms with E-state index in [1.165, 1.54) is 0 Å². The van der Waals surface area contributed by atoms with Crippen molar-refractivity contribution in [2.45, 2.75) is 32.3 Å². The second-order valence-corrected chi connectivity index (χ2v) is 3.20. The molecule has 1 atom stereocenters. The van der Waals surface area contributed by atoms with E-state index in [-0.39, 0.29) is 12.7 Å². The Labute approximate surface area is 90.3 Å². The van der Waals surface area contributed by atoms with Crippen LogP contribution in [0, 0.1) is 0 Å². The van der Waals surface area contributed by atoms with Gasteiger partial charge in [0.1, 0.15) is 6.61 Å². The molecule has 0 aliphatic carbocycles. The fourth-order valence-corrected chi connectivity index (χ4v) is 1.11. The first kappa shape index (κ1) is 14.2. The van der Waals surface area contributed by atoms with Crippen molar-refractivity contribution in [3.05, 3.63) is 0 Å². The highest BCUT2D eigenvalue weighted by molar-refractivity contribution is 5.56. The minimum Gasteiger partial charge on any atom is -0.450 e. The van der Waals surface area contributed by atoms with E-state index in [0.717, 1.165) is 19.3 Å². The summed E-state index contributed by atoms with van der Waals surface area (Å²) in [7, 11) is 1.60. The molecule has 0 bridgehead atoms. The fraction of sp³-hybridized carbons (Fsp3) is 0.900. The Bertz CT molecular complexity index is 160. The highest BCUT2D eigenvalue weighted by Crippen LogP contribution is 2.05. The van der Waals surface area contributed by atoms with Crippen LogP contribution in [0.2, 0.25) is 0 Å². The van der Waals surface area contributed by atoms with E-state index in [0.29, 0.717) is 13.2 Å². The molecule has 90 valence electrons. The molecule has 15 heavy (non-hydrogen) atoms. The van der Waals surface area contributed by atoms with E-state index in [1.54, 1.807) is 7.11 Å². The van der Waals surface area contributed by atoms with E-state index in [2.05, 4.69) is 11.7 Å². The third-order valence-electron chi connectivity index (χ3n) is 1.91. The molecule has 0 aliphatic rings. The van der Waals surface area contributed by atoms with Crippen LogP contribution in [-0.4, -0.2) is 44.3 Å². The van der Waals surface area contributed by atoms with Crippen molar-refractivity contribution in [2.24, 2.45) is 0 Å². The van der Waals surface area contributed by atoms with Crippen LogP contribution in [0.1, 0.15) is 26.2 Å². The van der Waals surface area contributed by atoms with Gasteiger partial charge in [0.05, 0.1) is 19.3 Å². The maximum Gasteiger partial charge on any atom is 0.505 e. The zero-order chi connectivity index (χ0) is 11.5. The number of methoxy groups -OCH3 is 1. The molecule has 0 amide bonds. The van der Waals surface area contributed by atoms with Crippen molar-refractivity contribution in [1.82, 2.24) is 0 Å². The van der Waals surface area contributed by atoms with Gasteiger partial charge in [0.2, 0.25) is 0 Å². The van der Waals surface area contributed by atoms with E-state index in [9.17, 15) is 4.79 Å². The summed E-state index contributed by atoms with van der Waals surface area (Å²) >= 11 is 0. The van der Waals surface area contributed by atoms with Gasteiger partial charge >= 0.3 is 6.16 Å². The van der Waals surface area contributed by atoms with Crippen LogP contribution in [0.3, 0.4) is 0 Å². The number of carbonyl (C=O) groups is 1. The maximum atomic E-state index is 10.2. The zero-order valence-corrected chi connectivity index (χ0v) is 9.40. The van der Waals surface area contributed by atoms with Crippen LogP contribution in [0.15, 0.2) is 0 Å². The Kier molecular flexibility index (Phi) is 9.21. The Morgan fingerprint density at radius 1 is 1.40 bits per heavy atom. The monoisotopic (exact) mass is 220 g/mol. The molecule has 0 heterocycles. The van der Waals surface area contributed by atoms with Gasteiger partial charge in [-0.15, -0.1) is 0 Å². The fourth-order valence-electron chi connectivity index (χ4n) is 1.11. The summed E-state index contributed by atoms with van der Waals surface area (Å²) < 4.78 is 14.7. The van der Waals surface area contributed by atoms with Crippen LogP contribution in [0.5, 0.6) is 0 Å². The zero-order valence-electron chi connectivity index (χ0n) is 9.40.